The molecule has 6 rings (SSSR count). The molecule has 5 atom stereocenters. The number of aromatic nitrogens is 1. The van der Waals surface area contributed by atoms with Gasteiger partial charge in [-0.1, -0.05) is 34.5 Å². The summed E-state index contributed by atoms with van der Waals surface area (Å²) in [6, 6.07) is 12.5. The second kappa shape index (κ2) is 8.94. The van der Waals surface area contributed by atoms with Crippen molar-refractivity contribution in [3.63, 3.8) is 0 Å². The number of hydrogen-bond donors (Lipinski definition) is 2. The summed E-state index contributed by atoms with van der Waals surface area (Å²) in [7, 11) is 0. The second-order valence-corrected chi connectivity index (χ2v) is 12.3. The summed E-state index contributed by atoms with van der Waals surface area (Å²) in [4.78, 5) is 29.0. The van der Waals surface area contributed by atoms with Crippen LogP contribution in [0.5, 0.6) is 5.75 Å². The van der Waals surface area contributed by atoms with Crippen molar-refractivity contribution >= 4 is 57.9 Å². The van der Waals surface area contributed by atoms with Gasteiger partial charge in [0.05, 0.1) is 5.03 Å². The molecule has 9 heteroatoms. The highest BCUT2D eigenvalue weighted by atomic mass is 35.5. The van der Waals surface area contributed by atoms with Crippen LogP contribution < -0.4 is 14.9 Å². The van der Waals surface area contributed by atoms with E-state index in [2.05, 4.69) is 10.3 Å². The van der Waals surface area contributed by atoms with Gasteiger partial charge in [0.15, 0.2) is 6.61 Å². The summed E-state index contributed by atoms with van der Waals surface area (Å²) < 4.78 is 6.07. The number of carbonyl (C=O) groups excluding carboxylic acids is 1. The number of thiazole rings is 1. The van der Waals surface area contributed by atoms with Crippen molar-refractivity contribution in [2.24, 2.45) is 17.8 Å². The highest BCUT2D eigenvalue weighted by molar-refractivity contribution is 8.00. The number of carbonyl (C=O) groups is 1. The number of rotatable bonds is 5. The molecule has 1 aromatic heterocycles. The number of thioether (sulfide) groups is 1. The number of hydrogen-bond acceptors (Lipinski definition) is 5. The fourth-order valence-electron chi connectivity index (χ4n) is 5.96. The average molecular weight is 534 g/mol. The number of ether oxygens (including phenoxy) is 1. The molecule has 1 amide bonds. The Morgan fingerprint density at radius 3 is 2.68 bits per heavy atom. The van der Waals surface area contributed by atoms with Gasteiger partial charge in [-0.15, -0.1) is 11.8 Å². The van der Waals surface area contributed by atoms with Crippen LogP contribution in [0.25, 0.3) is 0 Å². The van der Waals surface area contributed by atoms with Crippen molar-refractivity contribution in [3.8, 4) is 5.75 Å². The molecule has 3 aliphatic rings. The standard InChI is InChI=1S/C25H22Cl2N2O3S2/c26-14-3-6-16(7-4-14)28-19(30)11-32-18-8-5-15(27)10-17(18)21-20-12-1-2-13(9-12)22(20)33-24-23(21)34-25(31)29-24/h3-8,10,12-13,20-22H,1-2,9,11H2,(H,28,30)(H,29,31)/t12-,13-,20-,21-,22-/m1/s1. The van der Waals surface area contributed by atoms with Gasteiger partial charge < -0.3 is 15.0 Å². The maximum absolute atomic E-state index is 12.6. The van der Waals surface area contributed by atoms with Crippen LogP contribution in [-0.4, -0.2) is 22.7 Å². The summed E-state index contributed by atoms with van der Waals surface area (Å²) in [5.74, 6) is 2.18. The zero-order valence-corrected chi connectivity index (χ0v) is 21.2. The zero-order chi connectivity index (χ0) is 23.4. The number of benzene rings is 2. The molecule has 3 aromatic rings. The minimum atomic E-state index is -0.257. The van der Waals surface area contributed by atoms with E-state index in [-0.39, 0.29) is 23.3 Å². The van der Waals surface area contributed by atoms with E-state index in [1.54, 1.807) is 30.3 Å². The van der Waals surface area contributed by atoms with Crippen LogP contribution in [0.15, 0.2) is 52.3 Å². The van der Waals surface area contributed by atoms with Crippen molar-refractivity contribution in [1.29, 1.82) is 0 Å². The fourth-order valence-corrected chi connectivity index (χ4v) is 9.16. The summed E-state index contributed by atoms with van der Waals surface area (Å²) in [5, 5.41) is 5.53. The van der Waals surface area contributed by atoms with Crippen LogP contribution in [0.4, 0.5) is 5.69 Å². The molecule has 1 aliphatic heterocycles. The highest BCUT2D eigenvalue weighted by Gasteiger charge is 2.55. The largest absolute Gasteiger partial charge is 0.483 e. The Hall–Kier alpha value is -1.93. The SMILES string of the molecule is O=C(COc1ccc(Cl)cc1[C@H]1c2sc(=O)[nH]c2S[C@@H]2[C@@H]3CC[C@H](C3)[C@H]12)Nc1ccc(Cl)cc1. The molecule has 5 nitrogen and oxygen atoms in total. The lowest BCUT2D eigenvalue weighted by atomic mass is 9.74. The van der Waals surface area contributed by atoms with Gasteiger partial charge in [-0.3, -0.25) is 9.59 Å². The van der Waals surface area contributed by atoms with Crippen molar-refractivity contribution in [3.05, 3.63) is 72.6 Å². The minimum absolute atomic E-state index is 0.0262. The number of H-pyrrole nitrogens is 1. The first-order valence-electron chi connectivity index (χ1n) is 11.3. The van der Waals surface area contributed by atoms with Gasteiger partial charge in [0, 0.05) is 37.3 Å². The molecule has 34 heavy (non-hydrogen) atoms. The quantitative estimate of drug-likeness (QED) is 0.398. The summed E-state index contributed by atoms with van der Waals surface area (Å²) in [6.07, 6.45) is 3.75. The van der Waals surface area contributed by atoms with Gasteiger partial charge in [-0.05, 0) is 79.5 Å². The van der Waals surface area contributed by atoms with Gasteiger partial charge in [0.25, 0.3) is 5.91 Å². The molecule has 2 bridgehead atoms. The highest BCUT2D eigenvalue weighted by Crippen LogP contribution is 2.64. The summed E-state index contributed by atoms with van der Waals surface area (Å²) in [5.41, 5.74) is 1.62. The third kappa shape index (κ3) is 4.06. The fraction of sp³-hybridized carbons (Fsp3) is 0.360. The molecule has 2 saturated carbocycles. The molecule has 0 saturated heterocycles. The topological polar surface area (TPSA) is 71.2 Å². The third-order valence-electron chi connectivity index (χ3n) is 7.26. The molecule has 176 valence electrons. The van der Waals surface area contributed by atoms with E-state index in [9.17, 15) is 9.59 Å². The van der Waals surface area contributed by atoms with Crippen LogP contribution in [0.3, 0.4) is 0 Å². The van der Waals surface area contributed by atoms with E-state index in [1.165, 1.54) is 30.6 Å². The van der Waals surface area contributed by atoms with Crippen LogP contribution in [0, 0.1) is 17.8 Å². The maximum Gasteiger partial charge on any atom is 0.305 e. The number of anilines is 1. The zero-order valence-electron chi connectivity index (χ0n) is 18.1. The molecule has 2 aliphatic carbocycles. The van der Waals surface area contributed by atoms with Gasteiger partial charge in [0.2, 0.25) is 0 Å². The Kier molecular flexibility index (Phi) is 5.92. The van der Waals surface area contributed by atoms with Crippen molar-refractivity contribution in [2.75, 3.05) is 11.9 Å². The average Bonchev–Trinajstić information content (AvgIpc) is 3.52. The van der Waals surface area contributed by atoms with Crippen LogP contribution in [-0.2, 0) is 4.79 Å². The van der Waals surface area contributed by atoms with Crippen LogP contribution in [0.1, 0.15) is 35.6 Å². The molecular formula is C25H22Cl2N2O3S2. The van der Waals surface area contributed by atoms with Gasteiger partial charge in [-0.25, -0.2) is 0 Å². The maximum atomic E-state index is 12.6. The van der Waals surface area contributed by atoms with Crippen LogP contribution in [0.2, 0.25) is 10.0 Å². The first-order chi connectivity index (χ1) is 16.5. The summed E-state index contributed by atoms with van der Waals surface area (Å²) in [6.45, 7) is -0.130. The minimum Gasteiger partial charge on any atom is -0.483 e. The number of nitrogens with one attached hydrogen (secondary N) is 2. The molecule has 2 fully saturated rings. The molecule has 0 unspecified atom stereocenters. The third-order valence-corrected chi connectivity index (χ3v) is 10.4. The predicted molar refractivity (Wildman–Crippen MR) is 138 cm³/mol. The van der Waals surface area contributed by atoms with Gasteiger partial charge in [0.1, 0.15) is 5.75 Å². The molecule has 0 radical (unpaired) electrons. The lowest BCUT2D eigenvalue weighted by Crippen LogP contribution is -2.34. The van der Waals surface area contributed by atoms with Crippen molar-refractivity contribution < 1.29 is 9.53 Å². The Morgan fingerprint density at radius 2 is 1.85 bits per heavy atom. The normalized spacial score (nSPS) is 26.7. The molecular weight excluding hydrogens is 511 g/mol. The number of fused-ring (bicyclic) bond motifs is 6. The van der Waals surface area contributed by atoms with Gasteiger partial charge in [-0.2, -0.15) is 0 Å². The van der Waals surface area contributed by atoms with E-state index in [0.29, 0.717) is 44.5 Å². The van der Waals surface area contributed by atoms with Crippen molar-refractivity contribution in [1.82, 2.24) is 4.98 Å². The molecule has 2 aromatic carbocycles. The van der Waals surface area contributed by atoms with E-state index < -0.39 is 0 Å². The number of halogens is 2. The lowest BCUT2D eigenvalue weighted by Gasteiger charge is -2.40. The molecule has 2 N–H and O–H groups in total. The number of aromatic amines is 1. The molecule has 2 heterocycles. The van der Waals surface area contributed by atoms with E-state index in [0.717, 1.165) is 15.5 Å². The van der Waals surface area contributed by atoms with E-state index in [1.807, 2.05) is 23.9 Å². The second-order valence-electron chi connectivity index (χ2n) is 9.20. The van der Waals surface area contributed by atoms with Crippen molar-refractivity contribution in [2.45, 2.75) is 35.5 Å². The summed E-state index contributed by atoms with van der Waals surface area (Å²) >= 11 is 15.5. The first-order valence-corrected chi connectivity index (χ1v) is 13.8. The Bertz CT molecular complexity index is 1310. The Labute approximate surface area is 215 Å². The van der Waals surface area contributed by atoms with E-state index >= 15 is 0 Å². The smallest absolute Gasteiger partial charge is 0.305 e. The lowest BCUT2D eigenvalue weighted by molar-refractivity contribution is -0.118. The monoisotopic (exact) mass is 532 g/mol. The first kappa shape index (κ1) is 22.5. The predicted octanol–water partition coefficient (Wildman–Crippen LogP) is 6.41. The Morgan fingerprint density at radius 1 is 1.09 bits per heavy atom. The van der Waals surface area contributed by atoms with Crippen LogP contribution >= 0.6 is 46.3 Å². The molecule has 0 spiro atoms. The number of amides is 1. The van der Waals surface area contributed by atoms with Gasteiger partial charge >= 0.3 is 4.87 Å². The van der Waals surface area contributed by atoms with E-state index in [4.69, 9.17) is 27.9 Å². The Balaban J connectivity index is 1.30.